The minimum absolute atomic E-state index is 0.0660. The number of nitrogens with zero attached hydrogens (tertiary/aromatic N) is 2. The van der Waals surface area contributed by atoms with E-state index >= 15 is 0 Å². The largest absolute Gasteiger partial charge is 0.378 e. The SMILES string of the molecule is Cc1c(-c2ccccc2)sc(NC(=O)C2CCCN(C(=O)C3CC3)C2)c1C(=O)N1CCOCC1. The molecule has 0 spiro atoms. The third kappa shape index (κ3) is 4.74. The molecule has 180 valence electrons. The Morgan fingerprint density at radius 2 is 1.71 bits per heavy atom. The van der Waals surface area contributed by atoms with E-state index in [2.05, 4.69) is 5.32 Å². The summed E-state index contributed by atoms with van der Waals surface area (Å²) in [6, 6.07) is 9.96. The van der Waals surface area contributed by atoms with E-state index in [1.165, 1.54) is 11.3 Å². The molecule has 1 N–H and O–H groups in total. The molecule has 1 aromatic heterocycles. The van der Waals surface area contributed by atoms with Gasteiger partial charge in [0.1, 0.15) is 5.00 Å². The lowest BCUT2D eigenvalue weighted by molar-refractivity contribution is -0.135. The minimum atomic E-state index is -0.259. The van der Waals surface area contributed by atoms with Crippen molar-refractivity contribution in [2.24, 2.45) is 11.8 Å². The zero-order valence-corrected chi connectivity index (χ0v) is 20.4. The lowest BCUT2D eigenvalue weighted by atomic mass is 9.96. The predicted molar refractivity (Wildman–Crippen MR) is 132 cm³/mol. The van der Waals surface area contributed by atoms with Gasteiger partial charge in [0.25, 0.3) is 5.91 Å². The van der Waals surface area contributed by atoms with Crippen molar-refractivity contribution in [1.29, 1.82) is 0 Å². The van der Waals surface area contributed by atoms with Crippen LogP contribution >= 0.6 is 11.3 Å². The highest BCUT2D eigenvalue weighted by Gasteiger charge is 2.37. The van der Waals surface area contributed by atoms with Gasteiger partial charge >= 0.3 is 0 Å². The average molecular weight is 482 g/mol. The fourth-order valence-corrected chi connectivity index (χ4v) is 6.05. The van der Waals surface area contributed by atoms with Gasteiger partial charge in [-0.15, -0.1) is 11.3 Å². The number of carbonyl (C=O) groups excluding carboxylic acids is 3. The van der Waals surface area contributed by atoms with Gasteiger partial charge < -0.3 is 19.9 Å². The van der Waals surface area contributed by atoms with Gasteiger partial charge in [-0.05, 0) is 43.7 Å². The lowest BCUT2D eigenvalue weighted by Gasteiger charge is -2.32. The first kappa shape index (κ1) is 23.1. The molecule has 2 aromatic rings. The molecule has 1 aromatic carbocycles. The topological polar surface area (TPSA) is 79.0 Å². The van der Waals surface area contributed by atoms with E-state index in [0.717, 1.165) is 48.2 Å². The van der Waals surface area contributed by atoms with Crippen molar-refractivity contribution in [3.63, 3.8) is 0 Å². The van der Waals surface area contributed by atoms with Crippen LogP contribution in [0.5, 0.6) is 0 Å². The highest BCUT2D eigenvalue weighted by Crippen LogP contribution is 2.41. The second-order valence-electron chi connectivity index (χ2n) is 9.42. The molecular weight excluding hydrogens is 450 g/mol. The molecule has 0 bridgehead atoms. The molecule has 1 unspecified atom stereocenters. The van der Waals surface area contributed by atoms with E-state index in [1.54, 1.807) is 4.90 Å². The van der Waals surface area contributed by atoms with Crippen molar-refractivity contribution in [1.82, 2.24) is 9.80 Å². The first-order chi connectivity index (χ1) is 16.5. The maximum atomic E-state index is 13.5. The Morgan fingerprint density at radius 3 is 2.41 bits per heavy atom. The van der Waals surface area contributed by atoms with Gasteiger partial charge in [-0.25, -0.2) is 0 Å². The van der Waals surface area contributed by atoms with Crippen LogP contribution in [0.4, 0.5) is 5.00 Å². The van der Waals surface area contributed by atoms with Crippen LogP contribution in [0.3, 0.4) is 0 Å². The average Bonchev–Trinajstić information content (AvgIpc) is 3.68. The number of anilines is 1. The monoisotopic (exact) mass is 481 g/mol. The van der Waals surface area contributed by atoms with Crippen LogP contribution in [0.25, 0.3) is 10.4 Å². The van der Waals surface area contributed by atoms with Crippen molar-refractivity contribution >= 4 is 34.1 Å². The van der Waals surface area contributed by atoms with Gasteiger partial charge in [-0.1, -0.05) is 30.3 Å². The molecule has 3 aliphatic rings. The number of hydrogen-bond donors (Lipinski definition) is 1. The van der Waals surface area contributed by atoms with Crippen molar-refractivity contribution in [2.75, 3.05) is 44.7 Å². The van der Waals surface area contributed by atoms with Gasteiger partial charge in [-0.3, -0.25) is 14.4 Å². The van der Waals surface area contributed by atoms with Crippen LogP contribution in [0.1, 0.15) is 41.6 Å². The molecule has 0 radical (unpaired) electrons. The predicted octanol–water partition coefficient (Wildman–Crippen LogP) is 3.78. The third-order valence-corrected chi connectivity index (χ3v) is 8.22. The van der Waals surface area contributed by atoms with Gasteiger partial charge in [0, 0.05) is 37.0 Å². The summed E-state index contributed by atoms with van der Waals surface area (Å²) in [6.45, 7) is 5.29. The molecule has 1 atom stereocenters. The Hall–Kier alpha value is -2.71. The second-order valence-corrected chi connectivity index (χ2v) is 10.4. The van der Waals surface area contributed by atoms with Gasteiger partial charge in [0.2, 0.25) is 11.8 Å². The summed E-state index contributed by atoms with van der Waals surface area (Å²) in [6.07, 6.45) is 3.52. The van der Waals surface area contributed by atoms with E-state index in [0.29, 0.717) is 43.4 Å². The van der Waals surface area contributed by atoms with Crippen LogP contribution in [-0.4, -0.2) is 66.9 Å². The summed E-state index contributed by atoms with van der Waals surface area (Å²) >= 11 is 1.45. The molecule has 8 heteroatoms. The molecule has 34 heavy (non-hydrogen) atoms. The van der Waals surface area contributed by atoms with E-state index in [9.17, 15) is 14.4 Å². The Bertz CT molecular complexity index is 1070. The van der Waals surface area contributed by atoms with Gasteiger partial charge in [0.15, 0.2) is 0 Å². The summed E-state index contributed by atoms with van der Waals surface area (Å²) < 4.78 is 5.42. The van der Waals surface area contributed by atoms with Gasteiger partial charge in [-0.2, -0.15) is 0 Å². The fraction of sp³-hybridized carbons (Fsp3) is 0.500. The van der Waals surface area contributed by atoms with Crippen molar-refractivity contribution in [2.45, 2.75) is 32.6 Å². The summed E-state index contributed by atoms with van der Waals surface area (Å²) in [4.78, 5) is 44.1. The highest BCUT2D eigenvalue weighted by atomic mass is 32.1. The second kappa shape index (κ2) is 9.88. The Kier molecular flexibility index (Phi) is 6.70. The van der Waals surface area contributed by atoms with Crippen LogP contribution in [0.15, 0.2) is 30.3 Å². The summed E-state index contributed by atoms with van der Waals surface area (Å²) in [5.74, 6) is -0.0776. The van der Waals surface area contributed by atoms with Crippen LogP contribution in [0, 0.1) is 18.8 Å². The van der Waals surface area contributed by atoms with Crippen molar-refractivity contribution in [3.8, 4) is 10.4 Å². The summed E-state index contributed by atoms with van der Waals surface area (Å²) in [7, 11) is 0. The molecule has 1 saturated carbocycles. The molecule has 5 rings (SSSR count). The first-order valence-electron chi connectivity index (χ1n) is 12.2. The number of piperidine rings is 1. The minimum Gasteiger partial charge on any atom is -0.378 e. The van der Waals surface area contributed by atoms with Gasteiger partial charge in [0.05, 0.1) is 24.7 Å². The quantitative estimate of drug-likeness (QED) is 0.705. The van der Waals surface area contributed by atoms with Crippen molar-refractivity contribution in [3.05, 3.63) is 41.5 Å². The number of thiophene rings is 1. The molecule has 3 fully saturated rings. The van der Waals surface area contributed by atoms with Crippen LogP contribution < -0.4 is 5.32 Å². The number of likely N-dealkylation sites (tertiary alicyclic amines) is 1. The number of rotatable bonds is 5. The third-order valence-electron chi connectivity index (χ3n) is 6.96. The molecule has 1 aliphatic carbocycles. The zero-order chi connectivity index (χ0) is 23.7. The molecular formula is C26H31N3O4S. The van der Waals surface area contributed by atoms with E-state index in [1.807, 2.05) is 42.2 Å². The maximum absolute atomic E-state index is 13.5. The highest BCUT2D eigenvalue weighted by molar-refractivity contribution is 7.20. The number of morpholine rings is 1. The Labute approximate surface area is 204 Å². The number of hydrogen-bond acceptors (Lipinski definition) is 5. The smallest absolute Gasteiger partial charge is 0.257 e. The molecule has 7 nitrogen and oxygen atoms in total. The lowest BCUT2D eigenvalue weighted by Crippen LogP contribution is -2.44. The standard InChI is InChI=1S/C26H31N3O4S/c1-17-21(26(32)28-12-14-33-15-13-28)24(34-22(17)18-6-3-2-4-7-18)27-23(30)20-8-5-11-29(16-20)25(31)19-9-10-19/h2-4,6-7,19-20H,5,8-16H2,1H3,(H,27,30). The normalized spacial score (nSPS) is 20.8. The number of carbonyl (C=O) groups is 3. The molecule has 3 amide bonds. The fourth-order valence-electron chi connectivity index (χ4n) is 4.84. The number of benzene rings is 1. The number of ether oxygens (including phenoxy) is 1. The molecule has 2 saturated heterocycles. The van der Waals surface area contributed by atoms with E-state index in [-0.39, 0.29) is 29.6 Å². The Balaban J connectivity index is 1.40. The van der Waals surface area contributed by atoms with E-state index < -0.39 is 0 Å². The molecule has 2 aliphatic heterocycles. The van der Waals surface area contributed by atoms with E-state index in [4.69, 9.17) is 4.74 Å². The maximum Gasteiger partial charge on any atom is 0.257 e. The van der Waals surface area contributed by atoms with Crippen LogP contribution in [-0.2, 0) is 14.3 Å². The molecule has 3 heterocycles. The van der Waals surface area contributed by atoms with Crippen molar-refractivity contribution < 1.29 is 19.1 Å². The number of amides is 3. The van der Waals surface area contributed by atoms with Crippen LogP contribution in [0.2, 0.25) is 0 Å². The number of nitrogens with one attached hydrogen (secondary N) is 1. The Morgan fingerprint density at radius 1 is 0.971 bits per heavy atom. The summed E-state index contributed by atoms with van der Waals surface area (Å²) in [5.41, 5.74) is 2.48. The first-order valence-corrected chi connectivity index (χ1v) is 13.0. The zero-order valence-electron chi connectivity index (χ0n) is 19.5. The summed E-state index contributed by atoms with van der Waals surface area (Å²) in [5, 5.41) is 3.70.